The highest BCUT2D eigenvalue weighted by Crippen LogP contribution is 2.25. The van der Waals surface area contributed by atoms with Crippen LogP contribution in [0, 0.1) is 0 Å². The molecule has 0 saturated carbocycles. The summed E-state index contributed by atoms with van der Waals surface area (Å²) in [6.07, 6.45) is 0.706. The van der Waals surface area contributed by atoms with E-state index in [1.54, 1.807) is 36.4 Å². The second kappa shape index (κ2) is 6.72. The fourth-order valence-electron chi connectivity index (χ4n) is 2.50. The van der Waals surface area contributed by atoms with Crippen LogP contribution in [0.5, 0.6) is 0 Å². The van der Waals surface area contributed by atoms with Gasteiger partial charge in [0, 0.05) is 19.2 Å². The van der Waals surface area contributed by atoms with Gasteiger partial charge in [-0.25, -0.2) is 8.42 Å². The molecule has 6 nitrogen and oxygen atoms in total. The predicted octanol–water partition coefficient (Wildman–Crippen LogP) is 2.64. The number of anilines is 1. The Morgan fingerprint density at radius 3 is 2.12 bits per heavy atom. The minimum Gasteiger partial charge on any atom is -0.326 e. The summed E-state index contributed by atoms with van der Waals surface area (Å²) in [5.41, 5.74) is 2.55. The zero-order valence-corrected chi connectivity index (χ0v) is 14.0. The molecule has 0 aromatic heterocycles. The molecule has 2 aromatic rings. The van der Waals surface area contributed by atoms with Crippen LogP contribution in [-0.2, 0) is 19.7 Å². The monoisotopic (exact) mass is 346 g/mol. The Balaban J connectivity index is 1.80. The first-order valence-corrected chi connectivity index (χ1v) is 9.04. The molecule has 0 radical (unpaired) electrons. The van der Waals surface area contributed by atoms with Gasteiger partial charge in [0.15, 0.2) is 0 Å². The van der Waals surface area contributed by atoms with Gasteiger partial charge < -0.3 is 5.32 Å². The standard InChI is InChI=1S/C17H18N2O4S/c1-13(20)18-16-7-3-14(4-8-16)15-5-9-17(10-6-15)24(21,22)19-11-2-12-23-19/h3-10H,2,11-12H2,1H3,(H,18,20). The molecule has 3 rings (SSSR count). The fourth-order valence-corrected chi connectivity index (χ4v) is 3.80. The van der Waals surface area contributed by atoms with Gasteiger partial charge in [0.2, 0.25) is 5.91 Å². The number of benzene rings is 2. The number of hydrogen-bond donors (Lipinski definition) is 1. The van der Waals surface area contributed by atoms with E-state index in [0.717, 1.165) is 21.3 Å². The molecule has 7 heteroatoms. The number of amides is 1. The van der Waals surface area contributed by atoms with E-state index in [4.69, 9.17) is 4.84 Å². The van der Waals surface area contributed by atoms with Gasteiger partial charge in [0.1, 0.15) is 0 Å². The lowest BCUT2D eigenvalue weighted by atomic mass is 10.1. The highest BCUT2D eigenvalue weighted by molar-refractivity contribution is 7.89. The predicted molar refractivity (Wildman–Crippen MR) is 90.6 cm³/mol. The van der Waals surface area contributed by atoms with E-state index < -0.39 is 10.0 Å². The highest BCUT2D eigenvalue weighted by atomic mass is 32.2. The maximum Gasteiger partial charge on any atom is 0.265 e. The van der Waals surface area contributed by atoms with Crippen LogP contribution in [0.25, 0.3) is 11.1 Å². The maximum absolute atomic E-state index is 12.4. The summed E-state index contributed by atoms with van der Waals surface area (Å²) in [6.45, 7) is 2.27. The Morgan fingerprint density at radius 2 is 1.62 bits per heavy atom. The van der Waals surface area contributed by atoms with Crippen LogP contribution in [0.3, 0.4) is 0 Å². The van der Waals surface area contributed by atoms with Crippen molar-refractivity contribution in [3.63, 3.8) is 0 Å². The quantitative estimate of drug-likeness (QED) is 0.923. The number of hydroxylamine groups is 1. The van der Waals surface area contributed by atoms with E-state index in [0.29, 0.717) is 19.6 Å². The SMILES string of the molecule is CC(=O)Nc1ccc(-c2ccc(S(=O)(=O)N3CCCO3)cc2)cc1. The first-order valence-electron chi connectivity index (χ1n) is 7.60. The summed E-state index contributed by atoms with van der Waals surface area (Å²) in [5.74, 6) is -0.124. The molecule has 1 fully saturated rings. The Kier molecular flexibility index (Phi) is 4.66. The van der Waals surface area contributed by atoms with E-state index in [-0.39, 0.29) is 10.8 Å². The van der Waals surface area contributed by atoms with Crippen LogP contribution in [0.4, 0.5) is 5.69 Å². The lowest BCUT2D eigenvalue weighted by molar-refractivity contribution is -0.114. The molecule has 1 aliphatic heterocycles. The minimum atomic E-state index is -3.59. The topological polar surface area (TPSA) is 75.7 Å². The molecule has 1 heterocycles. The summed E-state index contributed by atoms with van der Waals surface area (Å²) in [7, 11) is -3.59. The molecule has 0 spiro atoms. The number of hydrogen-bond acceptors (Lipinski definition) is 4. The van der Waals surface area contributed by atoms with Gasteiger partial charge >= 0.3 is 0 Å². The molecule has 1 N–H and O–H groups in total. The van der Waals surface area contributed by atoms with Crippen molar-refractivity contribution < 1.29 is 18.0 Å². The number of carbonyl (C=O) groups is 1. The normalized spacial score (nSPS) is 15.4. The third-order valence-corrected chi connectivity index (χ3v) is 5.37. The molecule has 24 heavy (non-hydrogen) atoms. The summed E-state index contributed by atoms with van der Waals surface area (Å²) < 4.78 is 25.8. The molecule has 1 aliphatic rings. The van der Waals surface area contributed by atoms with Gasteiger partial charge in [-0.05, 0) is 41.8 Å². The molecule has 0 aliphatic carbocycles. The average Bonchev–Trinajstić information content (AvgIpc) is 3.10. The summed E-state index contributed by atoms with van der Waals surface area (Å²) in [6, 6.07) is 14.0. The average molecular weight is 346 g/mol. The molecule has 2 aromatic carbocycles. The number of sulfonamides is 1. The van der Waals surface area contributed by atoms with E-state index in [1.165, 1.54) is 6.92 Å². The van der Waals surface area contributed by atoms with Gasteiger partial charge in [-0.3, -0.25) is 9.63 Å². The van der Waals surface area contributed by atoms with Gasteiger partial charge in [0.25, 0.3) is 10.0 Å². The van der Waals surface area contributed by atoms with Crippen molar-refractivity contribution in [3.05, 3.63) is 48.5 Å². The van der Waals surface area contributed by atoms with Crippen molar-refractivity contribution in [1.82, 2.24) is 4.47 Å². The molecule has 1 saturated heterocycles. The largest absolute Gasteiger partial charge is 0.326 e. The third-order valence-electron chi connectivity index (χ3n) is 3.68. The number of nitrogens with one attached hydrogen (secondary N) is 1. The molecule has 0 bridgehead atoms. The first kappa shape index (κ1) is 16.6. The highest BCUT2D eigenvalue weighted by Gasteiger charge is 2.28. The van der Waals surface area contributed by atoms with E-state index in [1.807, 2.05) is 12.1 Å². The zero-order valence-electron chi connectivity index (χ0n) is 13.2. The van der Waals surface area contributed by atoms with Crippen LogP contribution in [-0.4, -0.2) is 31.9 Å². The van der Waals surface area contributed by atoms with Gasteiger partial charge in [-0.2, -0.15) is 0 Å². The Bertz CT molecular complexity index is 824. The lowest BCUT2D eigenvalue weighted by Crippen LogP contribution is -2.26. The van der Waals surface area contributed by atoms with Crippen LogP contribution < -0.4 is 5.32 Å². The van der Waals surface area contributed by atoms with Crippen LogP contribution in [0.2, 0.25) is 0 Å². The molecular formula is C17H18N2O4S. The maximum atomic E-state index is 12.4. The van der Waals surface area contributed by atoms with Crippen LogP contribution in [0.1, 0.15) is 13.3 Å². The number of rotatable bonds is 4. The molecule has 0 atom stereocenters. The summed E-state index contributed by atoms with van der Waals surface area (Å²) in [5, 5.41) is 2.71. The molecule has 126 valence electrons. The van der Waals surface area contributed by atoms with E-state index in [2.05, 4.69) is 5.32 Å². The smallest absolute Gasteiger partial charge is 0.265 e. The number of nitrogens with zero attached hydrogens (tertiary/aromatic N) is 1. The van der Waals surface area contributed by atoms with Gasteiger partial charge in [-0.1, -0.05) is 28.7 Å². The second-order valence-electron chi connectivity index (χ2n) is 5.50. The Labute approximate surface area is 141 Å². The minimum absolute atomic E-state index is 0.124. The lowest BCUT2D eigenvalue weighted by Gasteiger charge is -2.14. The van der Waals surface area contributed by atoms with Crippen molar-refractivity contribution >= 4 is 21.6 Å². The van der Waals surface area contributed by atoms with Crippen molar-refractivity contribution in [3.8, 4) is 11.1 Å². The van der Waals surface area contributed by atoms with E-state index in [9.17, 15) is 13.2 Å². The Morgan fingerprint density at radius 1 is 1.04 bits per heavy atom. The summed E-state index contributed by atoms with van der Waals surface area (Å²) >= 11 is 0. The number of carbonyl (C=O) groups excluding carboxylic acids is 1. The Hall–Kier alpha value is -2.22. The van der Waals surface area contributed by atoms with Crippen molar-refractivity contribution in [2.45, 2.75) is 18.2 Å². The van der Waals surface area contributed by atoms with Crippen molar-refractivity contribution in [1.29, 1.82) is 0 Å². The molecular weight excluding hydrogens is 328 g/mol. The van der Waals surface area contributed by atoms with Gasteiger partial charge in [0.05, 0.1) is 11.5 Å². The van der Waals surface area contributed by atoms with Crippen molar-refractivity contribution in [2.75, 3.05) is 18.5 Å². The van der Waals surface area contributed by atoms with Crippen molar-refractivity contribution in [2.24, 2.45) is 0 Å². The third kappa shape index (κ3) is 3.48. The fraction of sp³-hybridized carbons (Fsp3) is 0.235. The van der Waals surface area contributed by atoms with Crippen LogP contribution >= 0.6 is 0 Å². The second-order valence-corrected chi connectivity index (χ2v) is 7.33. The van der Waals surface area contributed by atoms with Gasteiger partial charge in [-0.15, -0.1) is 0 Å². The molecule has 1 amide bonds. The zero-order chi connectivity index (χ0) is 17.2. The van der Waals surface area contributed by atoms with Crippen LogP contribution in [0.15, 0.2) is 53.4 Å². The summed E-state index contributed by atoms with van der Waals surface area (Å²) in [4.78, 5) is 16.4. The van der Waals surface area contributed by atoms with E-state index >= 15 is 0 Å². The first-order chi connectivity index (χ1) is 11.5. The molecule has 0 unspecified atom stereocenters.